The van der Waals surface area contributed by atoms with Crippen LogP contribution in [-0.2, 0) is 0 Å². The molecule has 0 atom stereocenters. The summed E-state index contributed by atoms with van der Waals surface area (Å²) in [6, 6.07) is 7.05. The van der Waals surface area contributed by atoms with E-state index < -0.39 is 4.92 Å². The molecule has 1 N–H and O–H groups in total. The molecule has 0 saturated heterocycles. The Morgan fingerprint density at radius 3 is 2.48 bits per heavy atom. The van der Waals surface area contributed by atoms with Gasteiger partial charge in [-0.15, -0.1) is 0 Å². The summed E-state index contributed by atoms with van der Waals surface area (Å²) in [5.74, 6) is 0.581. The van der Waals surface area contributed by atoms with Crippen LogP contribution in [0.1, 0.15) is 6.42 Å². The summed E-state index contributed by atoms with van der Waals surface area (Å²) < 4.78 is 0. The summed E-state index contributed by atoms with van der Waals surface area (Å²) >= 11 is 5.86. The Bertz CT molecular complexity index is 723. The van der Waals surface area contributed by atoms with Crippen LogP contribution < -0.4 is 10.2 Å². The number of nitro groups is 1. The van der Waals surface area contributed by atoms with Crippen LogP contribution in [0, 0.1) is 10.1 Å². The maximum absolute atomic E-state index is 11.3. The van der Waals surface area contributed by atoms with Crippen molar-refractivity contribution in [2.24, 2.45) is 0 Å². The highest BCUT2D eigenvalue weighted by Crippen LogP contribution is 2.26. The van der Waals surface area contributed by atoms with Crippen molar-refractivity contribution in [3.63, 3.8) is 0 Å². The molecule has 0 spiro atoms. The van der Waals surface area contributed by atoms with Crippen molar-refractivity contribution < 1.29 is 4.92 Å². The highest BCUT2D eigenvalue weighted by atomic mass is 35.5. The average Bonchev–Trinajstić information content (AvgIpc) is 2.56. The lowest BCUT2D eigenvalue weighted by Gasteiger charge is -2.19. The second-order valence-electron chi connectivity index (χ2n) is 5.87. The van der Waals surface area contributed by atoms with Crippen LogP contribution >= 0.6 is 11.6 Å². The lowest BCUT2D eigenvalue weighted by molar-refractivity contribution is -0.384. The van der Waals surface area contributed by atoms with Crippen LogP contribution in [0.4, 0.5) is 23.1 Å². The van der Waals surface area contributed by atoms with Gasteiger partial charge in [0.2, 0.25) is 11.8 Å². The second kappa shape index (κ2) is 8.59. The van der Waals surface area contributed by atoms with E-state index in [1.807, 2.05) is 14.1 Å². The van der Waals surface area contributed by atoms with Gasteiger partial charge in [-0.3, -0.25) is 10.1 Å². The number of rotatable bonds is 8. The first kappa shape index (κ1) is 18.9. The van der Waals surface area contributed by atoms with E-state index in [0.29, 0.717) is 17.5 Å². The molecule has 2 rings (SSSR count). The summed E-state index contributed by atoms with van der Waals surface area (Å²) in [5.41, 5.74) is 0.633. The third-order valence-electron chi connectivity index (χ3n) is 3.51. The van der Waals surface area contributed by atoms with Gasteiger partial charge < -0.3 is 15.1 Å². The van der Waals surface area contributed by atoms with Crippen molar-refractivity contribution in [1.82, 2.24) is 14.9 Å². The third-order valence-corrected chi connectivity index (χ3v) is 3.76. The molecule has 0 aliphatic rings. The third kappa shape index (κ3) is 5.54. The quantitative estimate of drug-likeness (QED) is 0.568. The Balaban J connectivity index is 2.20. The highest BCUT2D eigenvalue weighted by molar-refractivity contribution is 6.30. The fraction of sp³-hybridized carbons (Fsp3) is 0.375. The van der Waals surface area contributed by atoms with Crippen LogP contribution in [-0.4, -0.2) is 54.0 Å². The molecule has 0 aliphatic carbocycles. The van der Waals surface area contributed by atoms with E-state index in [0.717, 1.165) is 18.7 Å². The molecule has 1 aromatic heterocycles. The maximum Gasteiger partial charge on any atom is 0.329 e. The van der Waals surface area contributed by atoms with Crippen molar-refractivity contribution in [2.45, 2.75) is 6.42 Å². The molecule has 0 radical (unpaired) electrons. The lowest BCUT2D eigenvalue weighted by Crippen LogP contribution is -2.25. The SMILES string of the molecule is CN(C)CCCN(C)c1nc(Nc2ccc(Cl)cc2)ncc1[N+](=O)[O-]. The monoisotopic (exact) mass is 364 g/mol. The van der Waals surface area contributed by atoms with E-state index in [1.54, 1.807) is 36.2 Å². The van der Waals surface area contributed by atoms with Gasteiger partial charge in [0, 0.05) is 24.3 Å². The molecule has 2 aromatic rings. The average molecular weight is 365 g/mol. The van der Waals surface area contributed by atoms with Crippen LogP contribution in [0.5, 0.6) is 0 Å². The Hall–Kier alpha value is -2.45. The fourth-order valence-corrected chi connectivity index (χ4v) is 2.35. The predicted molar refractivity (Wildman–Crippen MR) is 99.9 cm³/mol. The van der Waals surface area contributed by atoms with Crippen molar-refractivity contribution in [3.05, 3.63) is 45.6 Å². The van der Waals surface area contributed by atoms with Gasteiger partial charge in [-0.2, -0.15) is 4.98 Å². The molecular formula is C16H21ClN6O2. The standard InChI is InChI=1S/C16H21ClN6O2/c1-21(2)9-4-10-22(3)15-14(23(24)25)11-18-16(20-15)19-13-7-5-12(17)6-8-13/h5-8,11H,4,9-10H2,1-3H3,(H,18,19,20). The predicted octanol–water partition coefficient (Wildman–Crippen LogP) is 3.17. The number of hydrogen-bond donors (Lipinski definition) is 1. The summed E-state index contributed by atoms with van der Waals surface area (Å²) in [7, 11) is 5.76. The van der Waals surface area contributed by atoms with E-state index in [2.05, 4.69) is 20.2 Å². The first-order valence-electron chi connectivity index (χ1n) is 7.76. The maximum atomic E-state index is 11.3. The van der Waals surface area contributed by atoms with Gasteiger partial charge in [-0.1, -0.05) is 11.6 Å². The zero-order chi connectivity index (χ0) is 18.4. The number of anilines is 3. The number of nitrogens with zero attached hydrogens (tertiary/aromatic N) is 5. The largest absolute Gasteiger partial charge is 0.354 e. The molecular weight excluding hydrogens is 344 g/mol. The highest BCUT2D eigenvalue weighted by Gasteiger charge is 2.20. The second-order valence-corrected chi connectivity index (χ2v) is 6.31. The normalized spacial score (nSPS) is 10.8. The smallest absolute Gasteiger partial charge is 0.329 e. The van der Waals surface area contributed by atoms with Crippen molar-refractivity contribution >= 4 is 34.7 Å². The molecule has 1 aromatic carbocycles. The Morgan fingerprint density at radius 1 is 1.20 bits per heavy atom. The molecule has 8 nitrogen and oxygen atoms in total. The van der Waals surface area contributed by atoms with E-state index >= 15 is 0 Å². The number of halogens is 1. The van der Waals surface area contributed by atoms with Gasteiger partial charge in [0.05, 0.1) is 4.92 Å². The minimum atomic E-state index is -0.468. The molecule has 0 bridgehead atoms. The number of aromatic nitrogens is 2. The van der Waals surface area contributed by atoms with E-state index in [1.165, 1.54) is 6.20 Å². The molecule has 0 unspecified atom stereocenters. The number of nitrogens with one attached hydrogen (secondary N) is 1. The van der Waals surface area contributed by atoms with Crippen molar-refractivity contribution in [2.75, 3.05) is 44.4 Å². The molecule has 25 heavy (non-hydrogen) atoms. The van der Waals surface area contributed by atoms with E-state index in [9.17, 15) is 10.1 Å². The summed E-state index contributed by atoms with van der Waals surface area (Å²) in [6.45, 7) is 1.54. The van der Waals surface area contributed by atoms with Crippen LogP contribution in [0.15, 0.2) is 30.5 Å². The zero-order valence-corrected chi connectivity index (χ0v) is 15.2. The first-order chi connectivity index (χ1) is 11.9. The number of benzene rings is 1. The minimum absolute atomic E-state index is 0.117. The zero-order valence-electron chi connectivity index (χ0n) is 14.4. The molecule has 1 heterocycles. The van der Waals surface area contributed by atoms with Crippen molar-refractivity contribution in [3.8, 4) is 0 Å². The van der Waals surface area contributed by atoms with E-state index in [-0.39, 0.29) is 11.5 Å². The van der Waals surface area contributed by atoms with E-state index in [4.69, 9.17) is 11.6 Å². The summed E-state index contributed by atoms with van der Waals surface area (Å²) in [6.07, 6.45) is 2.09. The van der Waals surface area contributed by atoms with Gasteiger partial charge in [0.15, 0.2) is 0 Å². The molecule has 0 saturated carbocycles. The Morgan fingerprint density at radius 2 is 1.88 bits per heavy atom. The minimum Gasteiger partial charge on any atom is -0.354 e. The lowest BCUT2D eigenvalue weighted by atomic mass is 10.3. The topological polar surface area (TPSA) is 87.4 Å². The van der Waals surface area contributed by atoms with Crippen molar-refractivity contribution in [1.29, 1.82) is 0 Å². The summed E-state index contributed by atoms with van der Waals surface area (Å²) in [5, 5.41) is 14.9. The van der Waals surface area contributed by atoms with Gasteiger partial charge in [0.25, 0.3) is 0 Å². The van der Waals surface area contributed by atoms with Gasteiger partial charge in [-0.05, 0) is 51.3 Å². The molecule has 9 heteroatoms. The number of hydrogen-bond acceptors (Lipinski definition) is 7. The van der Waals surface area contributed by atoms with Crippen LogP contribution in [0.2, 0.25) is 5.02 Å². The molecule has 134 valence electrons. The van der Waals surface area contributed by atoms with Crippen LogP contribution in [0.3, 0.4) is 0 Å². The summed E-state index contributed by atoms with van der Waals surface area (Å²) in [4.78, 5) is 23.0. The van der Waals surface area contributed by atoms with Crippen LogP contribution in [0.25, 0.3) is 0 Å². The van der Waals surface area contributed by atoms with Gasteiger partial charge in [-0.25, -0.2) is 4.98 Å². The van der Waals surface area contributed by atoms with Gasteiger partial charge >= 0.3 is 5.69 Å². The first-order valence-corrected chi connectivity index (χ1v) is 8.14. The van der Waals surface area contributed by atoms with Gasteiger partial charge in [0.1, 0.15) is 6.20 Å². The Labute approximate surface area is 151 Å². The Kier molecular flexibility index (Phi) is 6.49. The molecule has 0 fully saturated rings. The molecule has 0 amide bonds. The molecule has 0 aliphatic heterocycles. The fourth-order valence-electron chi connectivity index (χ4n) is 2.23.